The van der Waals surface area contributed by atoms with Crippen molar-refractivity contribution in [1.82, 2.24) is 4.90 Å². The molecule has 0 spiro atoms. The lowest BCUT2D eigenvalue weighted by Crippen LogP contribution is -2.44. The molecular weight excluding hydrogens is 268 g/mol. The maximum absolute atomic E-state index is 11.9. The van der Waals surface area contributed by atoms with Gasteiger partial charge in [0.25, 0.3) is 0 Å². The number of likely N-dealkylation sites (tertiary alicyclic amines) is 1. The van der Waals surface area contributed by atoms with E-state index in [2.05, 4.69) is 0 Å². The Bertz CT molecular complexity index is 362. The Morgan fingerprint density at radius 1 is 1.47 bits per heavy atom. The highest BCUT2D eigenvalue weighted by atomic mass is 32.2. The Morgan fingerprint density at radius 3 is 2.74 bits per heavy atom. The average molecular weight is 288 g/mol. The molecule has 1 aliphatic heterocycles. The van der Waals surface area contributed by atoms with Gasteiger partial charge in [-0.25, -0.2) is 0 Å². The molecule has 2 amide bonds. The normalized spacial score (nSPS) is 20.9. The molecule has 0 aliphatic carbocycles. The summed E-state index contributed by atoms with van der Waals surface area (Å²) in [6, 6.07) is 0. The highest BCUT2D eigenvalue weighted by Crippen LogP contribution is 2.17. The molecule has 0 aromatic rings. The average Bonchev–Trinajstić information content (AvgIpc) is 2.38. The van der Waals surface area contributed by atoms with Gasteiger partial charge in [-0.3, -0.25) is 14.4 Å². The minimum atomic E-state index is -0.855. The zero-order valence-corrected chi connectivity index (χ0v) is 11.8. The summed E-state index contributed by atoms with van der Waals surface area (Å²) in [7, 11) is 0. The summed E-state index contributed by atoms with van der Waals surface area (Å²) in [4.78, 5) is 35.3. The number of nitrogens with two attached hydrogens (primary N) is 1. The highest BCUT2D eigenvalue weighted by Gasteiger charge is 2.26. The molecule has 1 aliphatic rings. The second-order valence-electron chi connectivity index (χ2n) is 4.84. The molecule has 0 aromatic heterocycles. The summed E-state index contributed by atoms with van der Waals surface area (Å²) in [5, 5.41) is 8.73. The predicted molar refractivity (Wildman–Crippen MR) is 72.6 cm³/mol. The van der Waals surface area contributed by atoms with Gasteiger partial charge >= 0.3 is 5.97 Å². The van der Waals surface area contributed by atoms with Crippen LogP contribution in [0.4, 0.5) is 0 Å². The third kappa shape index (κ3) is 5.10. The molecule has 2 unspecified atom stereocenters. The Hall–Kier alpha value is -1.24. The van der Waals surface area contributed by atoms with Crippen molar-refractivity contribution >= 4 is 29.5 Å². The fourth-order valence-corrected chi connectivity index (χ4v) is 2.89. The van der Waals surface area contributed by atoms with E-state index in [0.29, 0.717) is 18.8 Å². The molecular formula is C12H20N2O4S. The first kappa shape index (κ1) is 15.8. The van der Waals surface area contributed by atoms with Crippen LogP contribution < -0.4 is 5.73 Å². The Balaban J connectivity index is 2.33. The minimum Gasteiger partial charge on any atom is -0.481 e. The van der Waals surface area contributed by atoms with Crippen molar-refractivity contribution in [1.29, 1.82) is 0 Å². The van der Waals surface area contributed by atoms with Crippen molar-refractivity contribution in [3.8, 4) is 0 Å². The number of carboxylic acid groups (broad SMARTS) is 1. The van der Waals surface area contributed by atoms with E-state index in [-0.39, 0.29) is 23.5 Å². The zero-order valence-electron chi connectivity index (χ0n) is 11.0. The van der Waals surface area contributed by atoms with Crippen molar-refractivity contribution in [2.24, 2.45) is 17.6 Å². The third-order valence-electron chi connectivity index (χ3n) is 3.19. The van der Waals surface area contributed by atoms with E-state index in [1.165, 1.54) is 11.8 Å². The molecule has 3 N–H and O–H groups in total. The maximum Gasteiger partial charge on any atom is 0.307 e. The molecule has 1 rings (SSSR count). The van der Waals surface area contributed by atoms with Gasteiger partial charge in [0.1, 0.15) is 0 Å². The Morgan fingerprint density at radius 2 is 2.16 bits per heavy atom. The van der Waals surface area contributed by atoms with Gasteiger partial charge in [0, 0.05) is 18.8 Å². The molecule has 19 heavy (non-hydrogen) atoms. The molecule has 7 heteroatoms. The predicted octanol–water partition coefficient (Wildman–Crippen LogP) is 0.164. The number of aliphatic carboxylic acids is 1. The summed E-state index contributed by atoms with van der Waals surface area (Å²) in [6.45, 7) is 2.66. The summed E-state index contributed by atoms with van der Waals surface area (Å²) in [6.07, 6.45) is 1.53. The standard InChI is InChI=1S/C12H20N2O4S/c1-8(12(17)18)6-19-7-10(15)14-4-2-3-9(5-14)11(13)16/h8-9H,2-7H2,1H3,(H2,13,16)(H,17,18). The van der Waals surface area contributed by atoms with Gasteiger partial charge in [0.15, 0.2) is 0 Å². The van der Waals surface area contributed by atoms with Crippen LogP contribution in [-0.4, -0.2) is 52.4 Å². The van der Waals surface area contributed by atoms with Crippen molar-refractivity contribution in [2.45, 2.75) is 19.8 Å². The van der Waals surface area contributed by atoms with Crippen LogP contribution in [0.15, 0.2) is 0 Å². The number of carboxylic acids is 1. The third-order valence-corrected chi connectivity index (χ3v) is 4.38. The van der Waals surface area contributed by atoms with Crippen LogP contribution in [0, 0.1) is 11.8 Å². The number of carbonyl (C=O) groups is 3. The number of piperidine rings is 1. The van der Waals surface area contributed by atoms with E-state index in [9.17, 15) is 14.4 Å². The minimum absolute atomic E-state index is 0.0476. The SMILES string of the molecule is CC(CSCC(=O)N1CCCC(C(N)=O)C1)C(=O)O. The monoisotopic (exact) mass is 288 g/mol. The molecule has 0 bridgehead atoms. The van der Waals surface area contributed by atoms with Gasteiger partial charge in [-0.05, 0) is 12.8 Å². The second kappa shape index (κ2) is 7.37. The molecule has 6 nitrogen and oxygen atoms in total. The maximum atomic E-state index is 11.9. The topological polar surface area (TPSA) is 101 Å². The number of carbonyl (C=O) groups excluding carboxylic acids is 2. The van der Waals surface area contributed by atoms with E-state index in [1.807, 2.05) is 0 Å². The fourth-order valence-electron chi connectivity index (χ4n) is 1.92. The summed E-state index contributed by atoms with van der Waals surface area (Å²) in [5.74, 6) is -1.31. The van der Waals surface area contributed by atoms with Crippen LogP contribution in [0.2, 0.25) is 0 Å². The smallest absolute Gasteiger partial charge is 0.307 e. The van der Waals surface area contributed by atoms with Gasteiger partial charge in [-0.15, -0.1) is 0 Å². The lowest BCUT2D eigenvalue weighted by atomic mass is 9.97. The van der Waals surface area contributed by atoms with Crippen molar-refractivity contribution < 1.29 is 19.5 Å². The van der Waals surface area contributed by atoms with Crippen LogP contribution in [0.3, 0.4) is 0 Å². The lowest BCUT2D eigenvalue weighted by Gasteiger charge is -2.31. The quantitative estimate of drug-likeness (QED) is 0.725. The van der Waals surface area contributed by atoms with E-state index < -0.39 is 11.9 Å². The Kier molecular flexibility index (Phi) is 6.14. The number of primary amides is 1. The van der Waals surface area contributed by atoms with E-state index in [4.69, 9.17) is 10.8 Å². The molecule has 0 aromatic carbocycles. The summed E-state index contributed by atoms with van der Waals surface area (Å²) < 4.78 is 0. The molecule has 1 heterocycles. The molecule has 0 radical (unpaired) electrons. The number of rotatable bonds is 6. The van der Waals surface area contributed by atoms with Gasteiger partial charge in [0.05, 0.1) is 17.6 Å². The van der Waals surface area contributed by atoms with Gasteiger partial charge in [-0.2, -0.15) is 11.8 Å². The molecule has 0 saturated carbocycles. The van der Waals surface area contributed by atoms with Gasteiger partial charge in [-0.1, -0.05) is 6.92 Å². The van der Waals surface area contributed by atoms with Crippen molar-refractivity contribution in [3.63, 3.8) is 0 Å². The first-order chi connectivity index (χ1) is 8.91. The lowest BCUT2D eigenvalue weighted by molar-refractivity contribution is -0.140. The van der Waals surface area contributed by atoms with E-state index in [0.717, 1.165) is 12.8 Å². The van der Waals surface area contributed by atoms with Crippen molar-refractivity contribution in [3.05, 3.63) is 0 Å². The second-order valence-corrected chi connectivity index (χ2v) is 5.87. The van der Waals surface area contributed by atoms with E-state index in [1.54, 1.807) is 11.8 Å². The number of hydrogen-bond acceptors (Lipinski definition) is 4. The van der Waals surface area contributed by atoms with Crippen LogP contribution in [0.5, 0.6) is 0 Å². The Labute approximate surface area is 116 Å². The summed E-state index contributed by atoms with van der Waals surface area (Å²) in [5.41, 5.74) is 5.26. The largest absolute Gasteiger partial charge is 0.481 e. The zero-order chi connectivity index (χ0) is 14.4. The number of nitrogens with zero attached hydrogens (tertiary/aromatic N) is 1. The highest BCUT2D eigenvalue weighted by molar-refractivity contribution is 7.99. The molecule has 2 atom stereocenters. The molecule has 1 fully saturated rings. The van der Waals surface area contributed by atoms with E-state index >= 15 is 0 Å². The van der Waals surface area contributed by atoms with Crippen LogP contribution in [0.25, 0.3) is 0 Å². The molecule has 1 saturated heterocycles. The number of amides is 2. The van der Waals surface area contributed by atoms with Gasteiger partial charge in [0.2, 0.25) is 11.8 Å². The molecule has 108 valence electrons. The fraction of sp³-hybridized carbons (Fsp3) is 0.750. The first-order valence-electron chi connectivity index (χ1n) is 6.29. The number of hydrogen-bond donors (Lipinski definition) is 2. The van der Waals surface area contributed by atoms with Crippen LogP contribution in [0.1, 0.15) is 19.8 Å². The first-order valence-corrected chi connectivity index (χ1v) is 7.45. The van der Waals surface area contributed by atoms with Crippen LogP contribution in [-0.2, 0) is 14.4 Å². The van der Waals surface area contributed by atoms with Crippen LogP contribution >= 0.6 is 11.8 Å². The number of thioether (sulfide) groups is 1. The van der Waals surface area contributed by atoms with Gasteiger partial charge < -0.3 is 15.7 Å². The van der Waals surface area contributed by atoms with Crippen molar-refractivity contribution in [2.75, 3.05) is 24.6 Å². The summed E-state index contributed by atoms with van der Waals surface area (Å²) >= 11 is 1.31.